The summed E-state index contributed by atoms with van der Waals surface area (Å²) < 4.78 is 10.2. The summed E-state index contributed by atoms with van der Waals surface area (Å²) in [6, 6.07) is 3.96. The number of nitrogens with zero attached hydrogens (tertiary/aromatic N) is 1. The molecule has 96 valence electrons. The maximum absolute atomic E-state index is 5.19. The lowest BCUT2D eigenvalue weighted by Crippen LogP contribution is -2.15. The highest BCUT2D eigenvalue weighted by Crippen LogP contribution is 2.12. The van der Waals surface area contributed by atoms with Gasteiger partial charge in [-0.15, -0.1) is 0 Å². The first-order valence-electron chi connectivity index (χ1n) is 6.06. The van der Waals surface area contributed by atoms with Crippen molar-refractivity contribution in [3.05, 3.63) is 23.9 Å². The Labute approximate surface area is 103 Å². The Morgan fingerprint density at radius 1 is 1.24 bits per heavy atom. The van der Waals surface area contributed by atoms with Crippen LogP contribution >= 0.6 is 0 Å². The van der Waals surface area contributed by atoms with E-state index in [1.165, 1.54) is 12.8 Å². The maximum Gasteiger partial charge on any atom is 0.217 e. The van der Waals surface area contributed by atoms with Gasteiger partial charge in [-0.05, 0) is 31.9 Å². The molecule has 4 nitrogen and oxygen atoms in total. The van der Waals surface area contributed by atoms with Gasteiger partial charge in [0.1, 0.15) is 0 Å². The van der Waals surface area contributed by atoms with Crippen LogP contribution in [0.15, 0.2) is 18.3 Å². The zero-order valence-electron chi connectivity index (χ0n) is 10.7. The van der Waals surface area contributed by atoms with Gasteiger partial charge in [-0.2, -0.15) is 0 Å². The number of hydrogen-bond acceptors (Lipinski definition) is 4. The zero-order valence-corrected chi connectivity index (χ0v) is 10.7. The Bertz CT molecular complexity index is 305. The standard InChI is InChI=1S/C13H22N2O2/c1-16-10-5-3-4-8-14-11-12-7-6-9-15-13(12)17-2/h6-7,9,14H,3-5,8,10-11H2,1-2H3. The molecule has 0 fully saturated rings. The number of pyridine rings is 1. The molecule has 0 spiro atoms. The predicted molar refractivity (Wildman–Crippen MR) is 68.2 cm³/mol. The van der Waals surface area contributed by atoms with Gasteiger partial charge in [0.25, 0.3) is 0 Å². The van der Waals surface area contributed by atoms with Crippen LogP contribution in [0.4, 0.5) is 0 Å². The molecule has 0 saturated heterocycles. The molecule has 1 aromatic heterocycles. The van der Waals surface area contributed by atoms with Gasteiger partial charge in [-0.1, -0.05) is 6.07 Å². The lowest BCUT2D eigenvalue weighted by molar-refractivity contribution is 0.192. The molecule has 0 saturated carbocycles. The van der Waals surface area contributed by atoms with Gasteiger partial charge in [0.05, 0.1) is 7.11 Å². The van der Waals surface area contributed by atoms with Gasteiger partial charge in [0.15, 0.2) is 0 Å². The molecular weight excluding hydrogens is 216 g/mol. The Morgan fingerprint density at radius 2 is 2.12 bits per heavy atom. The van der Waals surface area contributed by atoms with Crippen molar-refractivity contribution in [2.75, 3.05) is 27.4 Å². The third-order valence-electron chi connectivity index (χ3n) is 2.56. The Hall–Kier alpha value is -1.13. The number of methoxy groups -OCH3 is 2. The highest BCUT2D eigenvalue weighted by atomic mass is 16.5. The summed E-state index contributed by atoms with van der Waals surface area (Å²) in [7, 11) is 3.39. The number of aromatic nitrogens is 1. The number of hydrogen-bond donors (Lipinski definition) is 1. The molecule has 0 aliphatic rings. The fourth-order valence-electron chi connectivity index (χ4n) is 1.64. The van der Waals surface area contributed by atoms with Gasteiger partial charge in [-0.3, -0.25) is 0 Å². The third kappa shape index (κ3) is 5.65. The van der Waals surface area contributed by atoms with E-state index in [1.54, 1.807) is 20.4 Å². The van der Waals surface area contributed by atoms with Gasteiger partial charge >= 0.3 is 0 Å². The largest absolute Gasteiger partial charge is 0.481 e. The second kappa shape index (κ2) is 8.96. The summed E-state index contributed by atoms with van der Waals surface area (Å²) in [5.74, 6) is 0.708. The van der Waals surface area contributed by atoms with E-state index in [1.807, 2.05) is 12.1 Å². The quantitative estimate of drug-likeness (QED) is 0.668. The van der Waals surface area contributed by atoms with E-state index >= 15 is 0 Å². The monoisotopic (exact) mass is 238 g/mol. The normalized spacial score (nSPS) is 10.5. The van der Waals surface area contributed by atoms with E-state index in [0.717, 1.165) is 31.7 Å². The van der Waals surface area contributed by atoms with Crippen molar-refractivity contribution >= 4 is 0 Å². The summed E-state index contributed by atoms with van der Waals surface area (Å²) >= 11 is 0. The minimum atomic E-state index is 0.708. The average Bonchev–Trinajstić information content (AvgIpc) is 2.38. The van der Waals surface area contributed by atoms with E-state index in [0.29, 0.717) is 5.88 Å². The highest BCUT2D eigenvalue weighted by Gasteiger charge is 2.01. The van der Waals surface area contributed by atoms with Crippen molar-refractivity contribution < 1.29 is 9.47 Å². The van der Waals surface area contributed by atoms with Crippen molar-refractivity contribution in [1.29, 1.82) is 0 Å². The lowest BCUT2D eigenvalue weighted by atomic mass is 10.2. The van der Waals surface area contributed by atoms with E-state index < -0.39 is 0 Å². The van der Waals surface area contributed by atoms with Crippen LogP contribution in [0, 0.1) is 0 Å². The topological polar surface area (TPSA) is 43.4 Å². The number of rotatable bonds is 9. The Morgan fingerprint density at radius 3 is 2.88 bits per heavy atom. The molecule has 0 atom stereocenters. The second-order valence-corrected chi connectivity index (χ2v) is 3.90. The maximum atomic E-state index is 5.19. The Balaban J connectivity index is 2.13. The molecule has 0 unspecified atom stereocenters. The molecule has 0 radical (unpaired) electrons. The van der Waals surface area contributed by atoms with Gasteiger partial charge < -0.3 is 14.8 Å². The smallest absolute Gasteiger partial charge is 0.217 e. The highest BCUT2D eigenvalue weighted by molar-refractivity contribution is 5.24. The molecule has 0 amide bonds. The second-order valence-electron chi connectivity index (χ2n) is 3.90. The number of nitrogens with one attached hydrogen (secondary N) is 1. The van der Waals surface area contributed by atoms with Crippen LogP contribution in [0.25, 0.3) is 0 Å². The van der Waals surface area contributed by atoms with Crippen molar-refractivity contribution in [1.82, 2.24) is 10.3 Å². The van der Waals surface area contributed by atoms with Crippen LogP contribution in [0.3, 0.4) is 0 Å². The molecule has 1 N–H and O–H groups in total. The van der Waals surface area contributed by atoms with Gasteiger partial charge in [0.2, 0.25) is 5.88 Å². The van der Waals surface area contributed by atoms with E-state index in [-0.39, 0.29) is 0 Å². The SMILES string of the molecule is COCCCCCNCc1cccnc1OC. The summed E-state index contributed by atoms with van der Waals surface area (Å²) in [5.41, 5.74) is 1.10. The lowest BCUT2D eigenvalue weighted by Gasteiger charge is -2.08. The van der Waals surface area contributed by atoms with E-state index in [9.17, 15) is 0 Å². The number of ether oxygens (including phenoxy) is 2. The summed E-state index contributed by atoms with van der Waals surface area (Å²) in [5, 5.41) is 3.39. The summed E-state index contributed by atoms with van der Waals surface area (Å²) in [6.45, 7) is 2.68. The van der Waals surface area contributed by atoms with Crippen molar-refractivity contribution in [3.63, 3.8) is 0 Å². The molecule has 1 rings (SSSR count). The van der Waals surface area contributed by atoms with Crippen LogP contribution in [-0.4, -0.2) is 32.4 Å². The van der Waals surface area contributed by atoms with Crippen LogP contribution in [-0.2, 0) is 11.3 Å². The first-order chi connectivity index (χ1) is 8.38. The summed E-state index contributed by atoms with van der Waals surface area (Å²) in [4.78, 5) is 4.16. The van der Waals surface area contributed by atoms with Crippen molar-refractivity contribution in [2.45, 2.75) is 25.8 Å². The first kappa shape index (κ1) is 13.9. The fraction of sp³-hybridized carbons (Fsp3) is 0.615. The predicted octanol–water partition coefficient (Wildman–Crippen LogP) is 2.00. The molecule has 1 aromatic rings. The number of unbranched alkanes of at least 4 members (excludes halogenated alkanes) is 2. The van der Waals surface area contributed by atoms with Crippen LogP contribution in [0.2, 0.25) is 0 Å². The minimum absolute atomic E-state index is 0.708. The van der Waals surface area contributed by atoms with Gasteiger partial charge in [0, 0.05) is 32.0 Å². The summed E-state index contributed by atoms with van der Waals surface area (Å²) in [6.07, 6.45) is 5.25. The average molecular weight is 238 g/mol. The molecule has 1 heterocycles. The van der Waals surface area contributed by atoms with Crippen LogP contribution in [0.5, 0.6) is 5.88 Å². The molecule has 4 heteroatoms. The van der Waals surface area contributed by atoms with Crippen LogP contribution in [0.1, 0.15) is 24.8 Å². The van der Waals surface area contributed by atoms with Crippen molar-refractivity contribution in [3.8, 4) is 5.88 Å². The zero-order chi connectivity index (χ0) is 12.3. The third-order valence-corrected chi connectivity index (χ3v) is 2.56. The van der Waals surface area contributed by atoms with E-state index in [4.69, 9.17) is 9.47 Å². The molecule has 0 aromatic carbocycles. The molecule has 0 bridgehead atoms. The van der Waals surface area contributed by atoms with Crippen molar-refractivity contribution in [2.24, 2.45) is 0 Å². The van der Waals surface area contributed by atoms with Crippen LogP contribution < -0.4 is 10.1 Å². The molecular formula is C13H22N2O2. The minimum Gasteiger partial charge on any atom is -0.481 e. The van der Waals surface area contributed by atoms with E-state index in [2.05, 4.69) is 10.3 Å². The molecule has 17 heavy (non-hydrogen) atoms. The van der Waals surface area contributed by atoms with Gasteiger partial charge in [-0.25, -0.2) is 4.98 Å². The molecule has 0 aliphatic heterocycles. The molecule has 0 aliphatic carbocycles. The Kier molecular flexibility index (Phi) is 7.34. The fourth-order valence-corrected chi connectivity index (χ4v) is 1.64. The first-order valence-corrected chi connectivity index (χ1v) is 6.06.